The second-order valence-electron chi connectivity index (χ2n) is 4.39. The number of rotatable bonds is 2. The first kappa shape index (κ1) is 12.1. The molecule has 1 aromatic carbocycles. The van der Waals surface area contributed by atoms with Crippen LogP contribution in [0.25, 0.3) is 10.2 Å². The zero-order chi connectivity index (χ0) is 13.4. The number of anilines is 1. The fraction of sp³-hybridized carbons (Fsp3) is 0.308. The highest BCUT2D eigenvalue weighted by Gasteiger charge is 2.37. The van der Waals surface area contributed by atoms with Gasteiger partial charge < -0.3 is 4.74 Å². The molecule has 0 radical (unpaired) electrons. The van der Waals surface area contributed by atoms with Crippen LogP contribution in [0.3, 0.4) is 0 Å². The minimum Gasteiger partial charge on any atom is -0.469 e. The Morgan fingerprint density at radius 1 is 1.47 bits per heavy atom. The molecule has 1 fully saturated rings. The highest BCUT2D eigenvalue weighted by molar-refractivity contribution is 7.22. The van der Waals surface area contributed by atoms with E-state index in [9.17, 15) is 9.59 Å². The summed E-state index contributed by atoms with van der Waals surface area (Å²) in [5.74, 6) is -0.795. The van der Waals surface area contributed by atoms with Gasteiger partial charge in [0.1, 0.15) is 0 Å². The van der Waals surface area contributed by atoms with Crippen LogP contribution in [-0.2, 0) is 14.3 Å². The highest BCUT2D eigenvalue weighted by atomic mass is 32.1. The summed E-state index contributed by atoms with van der Waals surface area (Å²) in [6.07, 6.45) is 0.197. The largest absolute Gasteiger partial charge is 0.469 e. The first-order valence-corrected chi connectivity index (χ1v) is 6.74. The van der Waals surface area contributed by atoms with Gasteiger partial charge in [0, 0.05) is 13.0 Å². The summed E-state index contributed by atoms with van der Waals surface area (Å²) in [4.78, 5) is 29.5. The predicted octanol–water partition coefficient (Wildman–Crippen LogP) is 1.82. The Hall–Kier alpha value is -1.95. The van der Waals surface area contributed by atoms with E-state index < -0.39 is 0 Å². The molecule has 3 rings (SSSR count). The number of amides is 1. The molecule has 1 aromatic heterocycles. The van der Waals surface area contributed by atoms with Crippen LogP contribution in [0, 0.1) is 5.92 Å². The number of fused-ring (bicyclic) bond motifs is 1. The molecule has 0 aliphatic carbocycles. The number of para-hydroxylation sites is 1. The molecular weight excluding hydrogens is 264 g/mol. The van der Waals surface area contributed by atoms with E-state index in [1.807, 2.05) is 24.3 Å². The first-order valence-electron chi connectivity index (χ1n) is 5.93. The smallest absolute Gasteiger partial charge is 0.311 e. The Kier molecular flexibility index (Phi) is 2.94. The average molecular weight is 276 g/mol. The van der Waals surface area contributed by atoms with Crippen molar-refractivity contribution >= 4 is 38.6 Å². The third kappa shape index (κ3) is 2.08. The van der Waals surface area contributed by atoms with Crippen LogP contribution in [0.5, 0.6) is 0 Å². The minimum atomic E-state index is -0.385. The maximum atomic E-state index is 12.0. The molecule has 0 spiro atoms. The summed E-state index contributed by atoms with van der Waals surface area (Å²) in [6, 6.07) is 7.73. The Balaban J connectivity index is 1.90. The summed E-state index contributed by atoms with van der Waals surface area (Å²) in [5.41, 5.74) is 0.872. The predicted molar refractivity (Wildman–Crippen MR) is 72.1 cm³/mol. The molecule has 6 heteroatoms. The van der Waals surface area contributed by atoms with Gasteiger partial charge in [0.15, 0.2) is 5.13 Å². The number of thiazole rings is 1. The Labute approximate surface area is 113 Å². The Morgan fingerprint density at radius 3 is 3.00 bits per heavy atom. The zero-order valence-corrected chi connectivity index (χ0v) is 11.1. The van der Waals surface area contributed by atoms with Crippen molar-refractivity contribution in [2.75, 3.05) is 18.6 Å². The molecule has 1 aliphatic heterocycles. The molecule has 1 amide bonds. The average Bonchev–Trinajstić information content (AvgIpc) is 3.00. The van der Waals surface area contributed by atoms with Gasteiger partial charge in [0.2, 0.25) is 5.91 Å². The van der Waals surface area contributed by atoms with Crippen LogP contribution in [0.2, 0.25) is 0 Å². The molecule has 1 atom stereocenters. The Morgan fingerprint density at radius 2 is 2.26 bits per heavy atom. The normalized spacial score (nSPS) is 19.1. The number of nitrogens with zero attached hydrogens (tertiary/aromatic N) is 2. The maximum Gasteiger partial charge on any atom is 0.311 e. The van der Waals surface area contributed by atoms with Gasteiger partial charge in [-0.3, -0.25) is 14.5 Å². The number of benzene rings is 1. The molecule has 5 nitrogen and oxygen atoms in total. The molecule has 19 heavy (non-hydrogen) atoms. The van der Waals surface area contributed by atoms with Gasteiger partial charge in [-0.1, -0.05) is 23.5 Å². The van der Waals surface area contributed by atoms with E-state index in [2.05, 4.69) is 4.98 Å². The van der Waals surface area contributed by atoms with Crippen molar-refractivity contribution in [3.05, 3.63) is 24.3 Å². The summed E-state index contributed by atoms with van der Waals surface area (Å²) in [7, 11) is 1.34. The number of ether oxygens (including phenoxy) is 1. The molecule has 0 saturated carbocycles. The van der Waals surface area contributed by atoms with Crippen LogP contribution >= 0.6 is 11.3 Å². The number of hydrogen-bond donors (Lipinski definition) is 0. The fourth-order valence-electron chi connectivity index (χ4n) is 2.19. The number of hydrogen-bond acceptors (Lipinski definition) is 5. The van der Waals surface area contributed by atoms with Crippen molar-refractivity contribution in [2.24, 2.45) is 5.92 Å². The van der Waals surface area contributed by atoms with Gasteiger partial charge in [0.25, 0.3) is 0 Å². The number of aromatic nitrogens is 1. The van der Waals surface area contributed by atoms with Crippen molar-refractivity contribution in [1.29, 1.82) is 0 Å². The second kappa shape index (κ2) is 4.62. The van der Waals surface area contributed by atoms with Crippen molar-refractivity contribution in [3.63, 3.8) is 0 Å². The van der Waals surface area contributed by atoms with Gasteiger partial charge in [0.05, 0.1) is 23.2 Å². The molecule has 0 bridgehead atoms. The van der Waals surface area contributed by atoms with Gasteiger partial charge >= 0.3 is 5.97 Å². The topological polar surface area (TPSA) is 59.5 Å². The van der Waals surface area contributed by atoms with Gasteiger partial charge in [-0.15, -0.1) is 0 Å². The third-order valence-electron chi connectivity index (χ3n) is 3.17. The molecule has 2 aromatic rings. The second-order valence-corrected chi connectivity index (χ2v) is 5.40. The summed E-state index contributed by atoms with van der Waals surface area (Å²) in [6.45, 7) is 0.353. The van der Waals surface area contributed by atoms with Crippen molar-refractivity contribution < 1.29 is 14.3 Å². The number of carbonyl (C=O) groups is 2. The first-order chi connectivity index (χ1) is 9.19. The van der Waals surface area contributed by atoms with Crippen LogP contribution in [0.4, 0.5) is 5.13 Å². The molecule has 2 heterocycles. The van der Waals surface area contributed by atoms with Gasteiger partial charge in [-0.2, -0.15) is 0 Å². The summed E-state index contributed by atoms with van der Waals surface area (Å²) < 4.78 is 5.72. The molecule has 0 unspecified atom stereocenters. The van der Waals surface area contributed by atoms with E-state index in [0.717, 1.165) is 10.2 Å². The monoisotopic (exact) mass is 276 g/mol. The SMILES string of the molecule is COC(=O)[C@H]1CC(=O)N(c2nc3ccccc3s2)C1. The van der Waals surface area contributed by atoms with Crippen LogP contribution < -0.4 is 4.90 Å². The zero-order valence-electron chi connectivity index (χ0n) is 10.3. The van der Waals surface area contributed by atoms with Gasteiger partial charge in [-0.05, 0) is 12.1 Å². The minimum absolute atomic E-state index is 0.0746. The summed E-state index contributed by atoms with van der Waals surface area (Å²) >= 11 is 1.46. The van der Waals surface area contributed by atoms with Crippen molar-refractivity contribution in [1.82, 2.24) is 4.98 Å². The molecule has 1 aliphatic rings. The van der Waals surface area contributed by atoms with Crippen molar-refractivity contribution in [3.8, 4) is 0 Å². The standard InChI is InChI=1S/C13H12N2O3S/c1-18-12(17)8-6-11(16)15(7-8)13-14-9-4-2-3-5-10(9)19-13/h2-5,8H,6-7H2,1H3/t8-/m0/s1. The quantitative estimate of drug-likeness (QED) is 0.785. The molecule has 98 valence electrons. The molecular formula is C13H12N2O3S. The van der Waals surface area contributed by atoms with E-state index >= 15 is 0 Å². The van der Waals surface area contributed by atoms with Crippen LogP contribution in [0.15, 0.2) is 24.3 Å². The van der Waals surface area contributed by atoms with Crippen LogP contribution in [0.1, 0.15) is 6.42 Å². The lowest BCUT2D eigenvalue weighted by Crippen LogP contribution is -2.25. The van der Waals surface area contributed by atoms with Gasteiger partial charge in [-0.25, -0.2) is 4.98 Å². The number of methoxy groups -OCH3 is 1. The van der Waals surface area contributed by atoms with Crippen molar-refractivity contribution in [2.45, 2.75) is 6.42 Å². The highest BCUT2D eigenvalue weighted by Crippen LogP contribution is 2.32. The lowest BCUT2D eigenvalue weighted by atomic mass is 10.1. The van der Waals surface area contributed by atoms with E-state index in [1.165, 1.54) is 18.4 Å². The van der Waals surface area contributed by atoms with Crippen LogP contribution in [-0.4, -0.2) is 30.5 Å². The lowest BCUT2D eigenvalue weighted by molar-refractivity contribution is -0.145. The molecule has 1 saturated heterocycles. The lowest BCUT2D eigenvalue weighted by Gasteiger charge is -2.11. The van der Waals surface area contributed by atoms with E-state index in [0.29, 0.717) is 11.7 Å². The van der Waals surface area contributed by atoms with E-state index in [-0.39, 0.29) is 24.2 Å². The Bertz CT molecular complexity index is 619. The maximum absolute atomic E-state index is 12.0. The number of esters is 1. The van der Waals surface area contributed by atoms with E-state index in [1.54, 1.807) is 4.90 Å². The third-order valence-corrected chi connectivity index (χ3v) is 4.23. The fourth-order valence-corrected chi connectivity index (χ4v) is 3.18. The number of carbonyl (C=O) groups excluding carboxylic acids is 2. The summed E-state index contributed by atoms with van der Waals surface area (Å²) in [5, 5.41) is 0.651. The van der Waals surface area contributed by atoms with E-state index in [4.69, 9.17) is 4.74 Å². The molecule has 0 N–H and O–H groups in total.